The van der Waals surface area contributed by atoms with E-state index in [1.54, 1.807) is 31.5 Å². The third-order valence-corrected chi connectivity index (χ3v) is 9.45. The number of allylic oxidation sites excluding steroid dienone is 2. The van der Waals surface area contributed by atoms with Crippen molar-refractivity contribution < 1.29 is 4.39 Å². The molecule has 0 N–H and O–H groups in total. The summed E-state index contributed by atoms with van der Waals surface area (Å²) in [7, 11) is 2.58. The van der Waals surface area contributed by atoms with Crippen LogP contribution in [0.2, 0.25) is 0 Å². The first-order valence-corrected chi connectivity index (χ1v) is 14.8. The molecule has 0 amide bonds. The van der Waals surface area contributed by atoms with Crippen LogP contribution in [-0.2, 0) is 6.54 Å². The molecule has 2 fully saturated rings. The summed E-state index contributed by atoms with van der Waals surface area (Å²) in [5.41, 5.74) is 4.39. The molecule has 37 heavy (non-hydrogen) atoms. The van der Waals surface area contributed by atoms with Gasteiger partial charge in [-0.15, -0.1) is 0 Å². The van der Waals surface area contributed by atoms with Crippen molar-refractivity contribution in [2.24, 2.45) is 15.0 Å². The molecule has 3 heterocycles. The molecule has 1 aromatic carbocycles. The molecular formula is C29H42FN6P. The standard InChI is InChI=1S/C29H42FN6P/c1-6-24-18-35-21(4)27(33-26(7-2)29(31-5)32-8-3)20-37-28(35)19-36(24)25-13-15-34(16-14-25)17-22-9-11-23(30)12-10-22/h7-12,24-25,28,37H,2,6,13-20H2,1,3-5H3. The Morgan fingerprint density at radius 3 is 2.54 bits per heavy atom. The number of fused-ring (bicyclic) bond motifs is 1. The first-order chi connectivity index (χ1) is 18.0. The van der Waals surface area contributed by atoms with E-state index in [2.05, 4.69) is 45.1 Å². The molecule has 2 saturated heterocycles. The predicted molar refractivity (Wildman–Crippen MR) is 157 cm³/mol. The monoisotopic (exact) mass is 524 g/mol. The van der Waals surface area contributed by atoms with Gasteiger partial charge in [0.25, 0.3) is 0 Å². The molecular weight excluding hydrogens is 482 g/mol. The maximum atomic E-state index is 13.3. The summed E-state index contributed by atoms with van der Waals surface area (Å²) in [4.78, 5) is 21.6. The molecule has 3 aliphatic rings. The van der Waals surface area contributed by atoms with Crippen molar-refractivity contribution in [1.29, 1.82) is 0 Å². The summed E-state index contributed by atoms with van der Waals surface area (Å²) in [6.45, 7) is 15.8. The zero-order valence-electron chi connectivity index (χ0n) is 22.8. The molecule has 0 bridgehead atoms. The summed E-state index contributed by atoms with van der Waals surface area (Å²) >= 11 is 0. The summed E-state index contributed by atoms with van der Waals surface area (Å²) in [5, 5.41) is 0. The first-order valence-electron chi connectivity index (χ1n) is 13.6. The second-order valence-corrected chi connectivity index (χ2v) is 11.5. The van der Waals surface area contributed by atoms with Gasteiger partial charge in [0.2, 0.25) is 0 Å². The molecule has 4 rings (SSSR count). The number of piperazine rings is 1. The minimum absolute atomic E-state index is 0.161. The average molecular weight is 525 g/mol. The van der Waals surface area contributed by atoms with Crippen LogP contribution in [0, 0.1) is 5.82 Å². The molecule has 6 nitrogen and oxygen atoms in total. The Morgan fingerprint density at radius 2 is 1.92 bits per heavy atom. The van der Waals surface area contributed by atoms with Crippen LogP contribution in [0.4, 0.5) is 4.39 Å². The molecule has 8 heteroatoms. The van der Waals surface area contributed by atoms with Gasteiger partial charge in [0.15, 0.2) is 5.84 Å². The fourth-order valence-corrected chi connectivity index (χ4v) is 7.46. The Bertz CT molecular complexity index is 1050. The quantitative estimate of drug-likeness (QED) is 0.281. The van der Waals surface area contributed by atoms with Crippen molar-refractivity contribution in [2.75, 3.05) is 39.4 Å². The number of hydrogen-bond donors (Lipinski definition) is 0. The van der Waals surface area contributed by atoms with Crippen LogP contribution in [-0.4, -0.2) is 89.7 Å². The fourth-order valence-electron chi connectivity index (χ4n) is 5.84. The van der Waals surface area contributed by atoms with Crippen LogP contribution in [0.25, 0.3) is 0 Å². The second kappa shape index (κ2) is 13.0. The lowest BCUT2D eigenvalue weighted by atomic mass is 9.97. The van der Waals surface area contributed by atoms with E-state index in [4.69, 9.17) is 4.99 Å². The van der Waals surface area contributed by atoms with Gasteiger partial charge in [0, 0.05) is 56.8 Å². The van der Waals surface area contributed by atoms with E-state index < -0.39 is 0 Å². The molecule has 0 aliphatic carbocycles. The Balaban J connectivity index is 1.41. The molecule has 0 radical (unpaired) electrons. The van der Waals surface area contributed by atoms with Crippen LogP contribution in [0.3, 0.4) is 0 Å². The highest BCUT2D eigenvalue weighted by Crippen LogP contribution is 2.40. The third-order valence-electron chi connectivity index (χ3n) is 7.95. The fraction of sp³-hybridized carbons (Fsp3) is 0.552. The number of hydrogen-bond acceptors (Lipinski definition) is 5. The van der Waals surface area contributed by atoms with Crippen molar-refractivity contribution in [2.45, 2.75) is 64.4 Å². The third kappa shape index (κ3) is 6.63. The van der Waals surface area contributed by atoms with Gasteiger partial charge in [-0.3, -0.25) is 14.8 Å². The van der Waals surface area contributed by atoms with Gasteiger partial charge in [0.05, 0.1) is 11.5 Å². The Labute approximate surface area is 223 Å². The minimum atomic E-state index is -0.161. The van der Waals surface area contributed by atoms with Crippen LogP contribution in [0.15, 0.2) is 63.3 Å². The van der Waals surface area contributed by atoms with Gasteiger partial charge in [-0.25, -0.2) is 14.4 Å². The van der Waals surface area contributed by atoms with Crippen molar-refractivity contribution in [3.05, 3.63) is 59.7 Å². The summed E-state index contributed by atoms with van der Waals surface area (Å²) in [6.07, 6.45) is 8.08. The zero-order chi connectivity index (χ0) is 26.4. The van der Waals surface area contributed by atoms with Crippen molar-refractivity contribution in [1.82, 2.24) is 14.7 Å². The Hall–Kier alpha value is -2.21. The van der Waals surface area contributed by atoms with Gasteiger partial charge in [-0.05, 0) is 70.0 Å². The molecule has 0 saturated carbocycles. The average Bonchev–Trinajstić information content (AvgIpc) is 2.93. The maximum Gasteiger partial charge on any atom is 0.172 e. The smallest absolute Gasteiger partial charge is 0.172 e. The Kier molecular flexibility index (Phi) is 9.80. The van der Waals surface area contributed by atoms with Crippen molar-refractivity contribution in [3.63, 3.8) is 0 Å². The summed E-state index contributed by atoms with van der Waals surface area (Å²) in [6, 6.07) is 8.17. The number of amidine groups is 1. The molecule has 1 aromatic rings. The number of piperidine rings is 1. The molecule has 3 unspecified atom stereocenters. The summed E-state index contributed by atoms with van der Waals surface area (Å²) < 4.78 is 13.3. The first kappa shape index (κ1) is 27.8. The molecule has 3 aliphatic heterocycles. The topological polar surface area (TPSA) is 46.8 Å². The molecule has 3 atom stereocenters. The van der Waals surface area contributed by atoms with E-state index in [1.807, 2.05) is 19.1 Å². The van der Waals surface area contributed by atoms with Crippen molar-refractivity contribution >= 4 is 26.3 Å². The number of nitrogens with zero attached hydrogens (tertiary/aromatic N) is 6. The van der Waals surface area contributed by atoms with Gasteiger partial charge in [0.1, 0.15) is 11.5 Å². The SMILES string of the molecule is C=CC(=NC1=C(C)N2CC(CC)N(C3CCN(Cc4ccc(F)cc4)CC3)CC2PC1)C(N=CC)=NC. The van der Waals surface area contributed by atoms with Gasteiger partial charge in [-0.2, -0.15) is 0 Å². The van der Waals surface area contributed by atoms with Crippen LogP contribution < -0.4 is 0 Å². The predicted octanol–water partition coefficient (Wildman–Crippen LogP) is 5.18. The summed E-state index contributed by atoms with van der Waals surface area (Å²) in [5.74, 6) is 1.04. The highest BCUT2D eigenvalue weighted by atomic mass is 31.1. The second-order valence-electron chi connectivity index (χ2n) is 10.1. The van der Waals surface area contributed by atoms with Crippen LogP contribution >= 0.6 is 8.58 Å². The minimum Gasteiger partial charge on any atom is -0.364 e. The number of benzene rings is 1. The van der Waals surface area contributed by atoms with E-state index in [9.17, 15) is 4.39 Å². The largest absolute Gasteiger partial charge is 0.364 e. The lowest BCUT2D eigenvalue weighted by molar-refractivity contribution is 0.0134. The van der Waals surface area contributed by atoms with E-state index in [0.717, 1.165) is 65.3 Å². The maximum absolute atomic E-state index is 13.3. The lowest BCUT2D eigenvalue weighted by Crippen LogP contribution is -2.61. The zero-order valence-corrected chi connectivity index (χ0v) is 23.8. The number of aliphatic imine (C=N–C) groups is 3. The number of likely N-dealkylation sites (tertiary alicyclic amines) is 1. The molecule has 200 valence electrons. The van der Waals surface area contributed by atoms with Crippen LogP contribution in [0.1, 0.15) is 45.6 Å². The highest BCUT2D eigenvalue weighted by molar-refractivity contribution is 7.39. The van der Waals surface area contributed by atoms with Gasteiger partial charge >= 0.3 is 0 Å². The van der Waals surface area contributed by atoms with E-state index >= 15 is 0 Å². The van der Waals surface area contributed by atoms with Crippen LogP contribution in [0.5, 0.6) is 0 Å². The van der Waals surface area contributed by atoms with Gasteiger partial charge < -0.3 is 4.90 Å². The van der Waals surface area contributed by atoms with Gasteiger partial charge in [-0.1, -0.05) is 34.2 Å². The lowest BCUT2D eigenvalue weighted by Gasteiger charge is -2.53. The molecule has 0 aromatic heterocycles. The van der Waals surface area contributed by atoms with E-state index in [0.29, 0.717) is 23.7 Å². The van der Waals surface area contributed by atoms with E-state index in [-0.39, 0.29) is 5.82 Å². The number of rotatable bonds is 7. The highest BCUT2D eigenvalue weighted by Gasteiger charge is 2.39. The number of halogens is 1. The molecule has 0 spiro atoms. The van der Waals surface area contributed by atoms with Crippen molar-refractivity contribution in [3.8, 4) is 0 Å². The normalized spacial score (nSPS) is 25.8. The Morgan fingerprint density at radius 1 is 1.19 bits per heavy atom. The van der Waals surface area contributed by atoms with E-state index in [1.165, 1.54) is 24.1 Å².